The van der Waals surface area contributed by atoms with Crippen molar-refractivity contribution in [2.24, 2.45) is 0 Å². The summed E-state index contributed by atoms with van der Waals surface area (Å²) >= 11 is 0. The van der Waals surface area contributed by atoms with Crippen molar-refractivity contribution in [3.05, 3.63) is 59.9 Å². The average Bonchev–Trinajstić information content (AvgIpc) is 3.30. The van der Waals surface area contributed by atoms with Gasteiger partial charge in [0.2, 0.25) is 0 Å². The molecule has 3 aromatic rings. The Morgan fingerprint density at radius 2 is 1.82 bits per heavy atom. The molecule has 0 bridgehead atoms. The molecule has 0 saturated carbocycles. The molecule has 2 aromatic carbocycles. The highest BCUT2D eigenvalue weighted by atomic mass is 16.5. The first-order valence-electron chi connectivity index (χ1n) is 11.4. The van der Waals surface area contributed by atoms with Gasteiger partial charge >= 0.3 is 0 Å². The molecule has 6 heteroatoms. The van der Waals surface area contributed by atoms with E-state index in [2.05, 4.69) is 54.4 Å². The average molecular weight is 446 g/mol. The molecule has 0 aliphatic carbocycles. The molecule has 0 spiro atoms. The first-order valence-corrected chi connectivity index (χ1v) is 11.4. The third kappa shape index (κ3) is 6.24. The first kappa shape index (κ1) is 24.1. The summed E-state index contributed by atoms with van der Waals surface area (Å²) in [6.07, 6.45) is 3.69. The summed E-state index contributed by atoms with van der Waals surface area (Å²) in [4.78, 5) is 14.6. The van der Waals surface area contributed by atoms with Gasteiger partial charge in [-0.1, -0.05) is 32.0 Å². The second-order valence-corrected chi connectivity index (χ2v) is 7.85. The number of benzene rings is 2. The highest BCUT2D eigenvalue weighted by molar-refractivity contribution is 6.01. The Bertz CT molecular complexity index is 1150. The van der Waals surface area contributed by atoms with Crippen molar-refractivity contribution in [3.63, 3.8) is 0 Å². The fraction of sp³-hybridized carbons (Fsp3) is 0.333. The molecule has 172 valence electrons. The predicted molar refractivity (Wildman–Crippen MR) is 133 cm³/mol. The minimum atomic E-state index is -0.450. The van der Waals surface area contributed by atoms with E-state index < -0.39 is 5.91 Å². The summed E-state index contributed by atoms with van der Waals surface area (Å²) in [7, 11) is 1.55. The van der Waals surface area contributed by atoms with Gasteiger partial charge in [-0.05, 0) is 53.9 Å². The summed E-state index contributed by atoms with van der Waals surface area (Å²) in [5, 5.41) is 14.3. The van der Waals surface area contributed by atoms with Crippen LogP contribution in [0.2, 0.25) is 0 Å². The van der Waals surface area contributed by atoms with Gasteiger partial charge in [0.25, 0.3) is 5.91 Å². The van der Waals surface area contributed by atoms with Crippen LogP contribution in [-0.2, 0) is 9.53 Å². The SMILES string of the molecule is CCCN(CCC)c1ccc2cc(-c3ccc(/C=C(\C#N)C(=O)NCCOC)o3)ccc2c1. The van der Waals surface area contributed by atoms with Crippen LogP contribution >= 0.6 is 0 Å². The number of nitriles is 1. The third-order valence-corrected chi connectivity index (χ3v) is 5.33. The van der Waals surface area contributed by atoms with Crippen LogP contribution in [-0.4, -0.2) is 39.3 Å². The number of hydrogen-bond acceptors (Lipinski definition) is 5. The van der Waals surface area contributed by atoms with Crippen LogP contribution in [0, 0.1) is 11.3 Å². The van der Waals surface area contributed by atoms with Gasteiger partial charge in [-0.3, -0.25) is 4.79 Å². The molecule has 1 N–H and O–H groups in total. The van der Waals surface area contributed by atoms with Gasteiger partial charge in [0, 0.05) is 44.1 Å². The molecule has 1 aromatic heterocycles. The van der Waals surface area contributed by atoms with E-state index in [0.717, 1.165) is 36.9 Å². The summed E-state index contributed by atoms with van der Waals surface area (Å²) in [6, 6.07) is 18.3. The standard InChI is InChI=1S/C27H31N3O3/c1-4-13-30(14-5-2)24-9-8-20-16-22(7-6-21(20)17-24)26-11-10-25(33-26)18-23(19-28)27(31)29-12-15-32-3/h6-11,16-18H,4-5,12-15H2,1-3H3,(H,29,31)/b23-18+. The number of methoxy groups -OCH3 is 1. The Morgan fingerprint density at radius 3 is 2.52 bits per heavy atom. The highest BCUT2D eigenvalue weighted by Crippen LogP contribution is 2.29. The lowest BCUT2D eigenvalue weighted by atomic mass is 10.0. The maximum Gasteiger partial charge on any atom is 0.262 e. The molecule has 0 aliphatic heterocycles. The lowest BCUT2D eigenvalue weighted by Crippen LogP contribution is -2.27. The number of ether oxygens (including phenoxy) is 1. The molecule has 0 fully saturated rings. The molecule has 0 unspecified atom stereocenters. The number of amides is 1. The molecule has 0 saturated heterocycles. The van der Waals surface area contributed by atoms with Crippen molar-refractivity contribution < 1.29 is 13.9 Å². The maximum absolute atomic E-state index is 12.1. The second-order valence-electron chi connectivity index (χ2n) is 7.85. The van der Waals surface area contributed by atoms with E-state index in [0.29, 0.717) is 24.7 Å². The number of fused-ring (bicyclic) bond motifs is 1. The number of carbonyl (C=O) groups excluding carboxylic acids is 1. The van der Waals surface area contributed by atoms with Crippen LogP contribution in [0.15, 0.2) is 58.5 Å². The fourth-order valence-corrected chi connectivity index (χ4v) is 3.73. The maximum atomic E-state index is 12.1. The van der Waals surface area contributed by atoms with Gasteiger partial charge < -0.3 is 19.4 Å². The van der Waals surface area contributed by atoms with Crippen LogP contribution in [0.4, 0.5) is 5.69 Å². The summed E-state index contributed by atoms with van der Waals surface area (Å²) in [6.45, 7) is 7.23. The number of rotatable bonds is 11. The van der Waals surface area contributed by atoms with Crippen molar-refractivity contribution in [2.45, 2.75) is 26.7 Å². The molecule has 3 rings (SSSR count). The third-order valence-electron chi connectivity index (χ3n) is 5.33. The molecule has 1 heterocycles. The van der Waals surface area contributed by atoms with Gasteiger partial charge in [0.1, 0.15) is 23.2 Å². The molecular formula is C27H31N3O3. The number of hydrogen-bond donors (Lipinski definition) is 1. The van der Waals surface area contributed by atoms with Crippen molar-refractivity contribution in [2.75, 3.05) is 38.3 Å². The van der Waals surface area contributed by atoms with E-state index in [1.807, 2.05) is 18.2 Å². The molecular weight excluding hydrogens is 414 g/mol. The number of nitrogens with one attached hydrogen (secondary N) is 1. The van der Waals surface area contributed by atoms with Gasteiger partial charge in [-0.25, -0.2) is 0 Å². The van der Waals surface area contributed by atoms with Crippen LogP contribution in [0.1, 0.15) is 32.4 Å². The summed E-state index contributed by atoms with van der Waals surface area (Å²) in [5.41, 5.74) is 2.18. The molecule has 0 radical (unpaired) electrons. The van der Waals surface area contributed by atoms with E-state index in [4.69, 9.17) is 9.15 Å². The van der Waals surface area contributed by atoms with Crippen molar-refractivity contribution >= 4 is 28.4 Å². The molecule has 1 amide bonds. The smallest absolute Gasteiger partial charge is 0.262 e. The fourth-order valence-electron chi connectivity index (χ4n) is 3.73. The normalized spacial score (nSPS) is 11.4. The van der Waals surface area contributed by atoms with Crippen molar-refractivity contribution in [1.29, 1.82) is 5.26 Å². The summed E-state index contributed by atoms with van der Waals surface area (Å²) in [5.74, 6) is 0.686. The minimum Gasteiger partial charge on any atom is -0.457 e. The zero-order chi connectivity index (χ0) is 23.6. The Labute approximate surface area is 195 Å². The highest BCUT2D eigenvalue weighted by Gasteiger charge is 2.11. The zero-order valence-corrected chi connectivity index (χ0v) is 19.6. The lowest BCUT2D eigenvalue weighted by molar-refractivity contribution is -0.117. The topological polar surface area (TPSA) is 78.5 Å². The Balaban J connectivity index is 1.80. The van der Waals surface area contributed by atoms with Crippen molar-refractivity contribution in [1.82, 2.24) is 5.32 Å². The number of carbonyl (C=O) groups is 1. The molecule has 0 aliphatic rings. The van der Waals surface area contributed by atoms with E-state index in [-0.39, 0.29) is 5.57 Å². The quantitative estimate of drug-likeness (QED) is 0.243. The van der Waals surface area contributed by atoms with Crippen LogP contribution in [0.3, 0.4) is 0 Å². The van der Waals surface area contributed by atoms with Gasteiger partial charge in [0.05, 0.1) is 6.61 Å². The largest absolute Gasteiger partial charge is 0.457 e. The Morgan fingerprint density at radius 1 is 1.09 bits per heavy atom. The van der Waals surface area contributed by atoms with E-state index in [9.17, 15) is 10.1 Å². The lowest BCUT2D eigenvalue weighted by Gasteiger charge is -2.24. The van der Waals surface area contributed by atoms with Gasteiger partial charge in [-0.2, -0.15) is 5.26 Å². The van der Waals surface area contributed by atoms with Crippen molar-refractivity contribution in [3.8, 4) is 17.4 Å². The monoisotopic (exact) mass is 445 g/mol. The minimum absolute atomic E-state index is 0.0123. The van der Waals surface area contributed by atoms with E-state index in [1.54, 1.807) is 13.2 Å². The van der Waals surface area contributed by atoms with Gasteiger partial charge in [-0.15, -0.1) is 0 Å². The van der Waals surface area contributed by atoms with Crippen LogP contribution in [0.25, 0.3) is 28.2 Å². The Kier molecular flexibility index (Phi) is 8.68. The van der Waals surface area contributed by atoms with E-state index >= 15 is 0 Å². The number of nitrogens with zero attached hydrogens (tertiary/aromatic N) is 2. The van der Waals surface area contributed by atoms with E-state index in [1.165, 1.54) is 17.1 Å². The summed E-state index contributed by atoms with van der Waals surface area (Å²) < 4.78 is 10.8. The Hall–Kier alpha value is -3.56. The second kappa shape index (κ2) is 11.9. The van der Waals surface area contributed by atoms with Crippen LogP contribution < -0.4 is 10.2 Å². The van der Waals surface area contributed by atoms with Crippen LogP contribution in [0.5, 0.6) is 0 Å². The molecule has 6 nitrogen and oxygen atoms in total. The van der Waals surface area contributed by atoms with Gasteiger partial charge in [0.15, 0.2) is 0 Å². The predicted octanol–water partition coefficient (Wildman–Crippen LogP) is 5.40. The first-order chi connectivity index (χ1) is 16.1. The zero-order valence-electron chi connectivity index (χ0n) is 19.6. The number of anilines is 1. The molecule has 0 atom stereocenters. The number of furan rings is 1. The molecule has 33 heavy (non-hydrogen) atoms.